The second-order valence-corrected chi connectivity index (χ2v) is 5.84. The molecule has 1 aliphatic carbocycles. The zero-order chi connectivity index (χ0) is 13.1. The molecule has 3 nitrogen and oxygen atoms in total. The molecule has 1 aliphatic heterocycles. The van der Waals surface area contributed by atoms with Gasteiger partial charge in [-0.25, -0.2) is 0 Å². The Labute approximate surface area is 127 Å². The first-order valence-corrected chi connectivity index (χ1v) is 7.34. The van der Waals surface area contributed by atoms with E-state index >= 15 is 0 Å². The van der Waals surface area contributed by atoms with Gasteiger partial charge in [0.25, 0.3) is 0 Å². The molecule has 1 saturated carbocycles. The normalized spacial score (nSPS) is 20.7. The molecule has 1 aromatic carbocycles. The summed E-state index contributed by atoms with van der Waals surface area (Å²) >= 11 is 0. The highest BCUT2D eigenvalue weighted by molar-refractivity contribution is 5.86. The summed E-state index contributed by atoms with van der Waals surface area (Å²) in [7, 11) is 0. The molecule has 1 N–H and O–H groups in total. The highest BCUT2D eigenvalue weighted by Crippen LogP contribution is 2.49. The molecule has 110 valence electrons. The van der Waals surface area contributed by atoms with Gasteiger partial charge in [-0.3, -0.25) is 4.79 Å². The van der Waals surface area contributed by atoms with Gasteiger partial charge < -0.3 is 10.2 Å². The third kappa shape index (κ3) is 3.33. The number of nitrogens with zero attached hydrogens (tertiary/aromatic N) is 1. The van der Waals surface area contributed by atoms with Crippen molar-refractivity contribution in [2.45, 2.75) is 25.7 Å². The number of amides is 1. The Balaban J connectivity index is 0.00000147. The van der Waals surface area contributed by atoms with Crippen LogP contribution in [0.4, 0.5) is 0 Å². The van der Waals surface area contributed by atoms with Crippen LogP contribution in [0.2, 0.25) is 0 Å². The fourth-order valence-electron chi connectivity index (χ4n) is 2.99. The molecule has 3 rings (SSSR count). The maximum Gasteiger partial charge on any atom is 0.229 e. The minimum absolute atomic E-state index is 0. The van der Waals surface area contributed by atoms with E-state index in [1.165, 1.54) is 5.56 Å². The van der Waals surface area contributed by atoms with Crippen LogP contribution in [-0.2, 0) is 11.2 Å². The molecule has 1 saturated heterocycles. The van der Waals surface area contributed by atoms with Gasteiger partial charge in [0.1, 0.15) is 0 Å². The molecule has 0 spiro atoms. The summed E-state index contributed by atoms with van der Waals surface area (Å²) in [5.74, 6) is 0.389. The fourth-order valence-corrected chi connectivity index (χ4v) is 2.99. The van der Waals surface area contributed by atoms with E-state index in [-0.39, 0.29) is 17.8 Å². The van der Waals surface area contributed by atoms with Gasteiger partial charge in [0.15, 0.2) is 0 Å². The zero-order valence-corrected chi connectivity index (χ0v) is 12.6. The molecule has 2 fully saturated rings. The fraction of sp³-hybridized carbons (Fsp3) is 0.562. The van der Waals surface area contributed by atoms with Gasteiger partial charge in [0, 0.05) is 19.6 Å². The van der Waals surface area contributed by atoms with Crippen LogP contribution in [0.5, 0.6) is 0 Å². The minimum Gasteiger partial charge on any atom is -0.341 e. The first kappa shape index (κ1) is 15.3. The van der Waals surface area contributed by atoms with Crippen molar-refractivity contribution in [1.82, 2.24) is 10.2 Å². The van der Waals surface area contributed by atoms with Crippen molar-refractivity contribution in [3.05, 3.63) is 35.9 Å². The van der Waals surface area contributed by atoms with Crippen molar-refractivity contribution in [1.29, 1.82) is 0 Å². The van der Waals surface area contributed by atoms with E-state index in [1.807, 2.05) is 6.07 Å². The summed E-state index contributed by atoms with van der Waals surface area (Å²) in [6, 6.07) is 10.4. The lowest BCUT2D eigenvalue weighted by atomic mass is 9.95. The highest BCUT2D eigenvalue weighted by Gasteiger charge is 2.51. The van der Waals surface area contributed by atoms with Gasteiger partial charge in [-0.2, -0.15) is 0 Å². The lowest BCUT2D eigenvalue weighted by Gasteiger charge is -2.26. The van der Waals surface area contributed by atoms with Crippen LogP contribution in [-0.4, -0.2) is 37.0 Å². The average molecular weight is 295 g/mol. The summed E-state index contributed by atoms with van der Waals surface area (Å²) in [5.41, 5.74) is 1.22. The molecule has 2 aliphatic rings. The van der Waals surface area contributed by atoms with E-state index in [2.05, 4.69) is 34.5 Å². The Morgan fingerprint density at radius 2 is 1.90 bits per heavy atom. The third-order valence-corrected chi connectivity index (χ3v) is 4.32. The van der Waals surface area contributed by atoms with Crippen molar-refractivity contribution >= 4 is 18.3 Å². The van der Waals surface area contributed by atoms with E-state index in [0.29, 0.717) is 5.91 Å². The summed E-state index contributed by atoms with van der Waals surface area (Å²) in [6.45, 7) is 3.76. The van der Waals surface area contributed by atoms with Gasteiger partial charge >= 0.3 is 0 Å². The highest BCUT2D eigenvalue weighted by atomic mass is 35.5. The largest absolute Gasteiger partial charge is 0.341 e. The zero-order valence-electron chi connectivity index (χ0n) is 11.8. The predicted octanol–water partition coefficient (Wildman–Crippen LogP) is 2.25. The second-order valence-electron chi connectivity index (χ2n) is 5.84. The maximum atomic E-state index is 12.7. The van der Waals surface area contributed by atoms with Crippen LogP contribution < -0.4 is 5.32 Å². The lowest BCUT2D eigenvalue weighted by Crippen LogP contribution is -2.40. The van der Waals surface area contributed by atoms with Crippen LogP contribution >= 0.6 is 12.4 Å². The Hall–Kier alpha value is -1.06. The number of hydrogen-bond donors (Lipinski definition) is 1. The molecular formula is C16H23ClN2O. The molecule has 4 heteroatoms. The Bertz CT molecular complexity index is 437. The van der Waals surface area contributed by atoms with Crippen LogP contribution in [0, 0.1) is 5.41 Å². The van der Waals surface area contributed by atoms with E-state index in [0.717, 1.165) is 51.9 Å². The number of halogens is 1. The molecule has 1 aromatic rings. The van der Waals surface area contributed by atoms with Gasteiger partial charge in [-0.1, -0.05) is 30.3 Å². The predicted molar refractivity (Wildman–Crippen MR) is 83.1 cm³/mol. The Kier molecular flexibility index (Phi) is 5.06. The number of carbonyl (C=O) groups is 1. The molecule has 1 heterocycles. The Morgan fingerprint density at radius 1 is 1.15 bits per heavy atom. The summed E-state index contributed by atoms with van der Waals surface area (Å²) in [5, 5.41) is 3.36. The van der Waals surface area contributed by atoms with Crippen LogP contribution in [0.25, 0.3) is 0 Å². The molecule has 20 heavy (non-hydrogen) atoms. The summed E-state index contributed by atoms with van der Waals surface area (Å²) in [4.78, 5) is 14.8. The summed E-state index contributed by atoms with van der Waals surface area (Å²) < 4.78 is 0. The van der Waals surface area contributed by atoms with Crippen LogP contribution in [0.1, 0.15) is 24.8 Å². The van der Waals surface area contributed by atoms with Crippen molar-refractivity contribution in [2.75, 3.05) is 26.2 Å². The molecule has 0 atom stereocenters. The van der Waals surface area contributed by atoms with Crippen molar-refractivity contribution in [3.8, 4) is 0 Å². The first-order chi connectivity index (χ1) is 9.30. The van der Waals surface area contributed by atoms with Crippen LogP contribution in [0.3, 0.4) is 0 Å². The van der Waals surface area contributed by atoms with Crippen molar-refractivity contribution in [3.63, 3.8) is 0 Å². The molecular weight excluding hydrogens is 272 g/mol. The second kappa shape index (κ2) is 6.59. The molecule has 0 radical (unpaired) electrons. The number of rotatable bonds is 3. The molecule has 0 aromatic heterocycles. The number of hydrogen-bond acceptors (Lipinski definition) is 2. The monoisotopic (exact) mass is 294 g/mol. The van der Waals surface area contributed by atoms with Gasteiger partial charge in [-0.15, -0.1) is 12.4 Å². The smallest absolute Gasteiger partial charge is 0.229 e. The minimum atomic E-state index is -0.0777. The van der Waals surface area contributed by atoms with E-state index in [1.54, 1.807) is 0 Å². The van der Waals surface area contributed by atoms with Crippen molar-refractivity contribution in [2.24, 2.45) is 5.41 Å². The standard InChI is InChI=1S/C16H22N2O.ClH/c19-15(18-11-4-9-17-10-12-18)16(7-8-16)13-14-5-2-1-3-6-14;/h1-3,5-6,17H,4,7-13H2;1H. The van der Waals surface area contributed by atoms with Gasteiger partial charge in [0.05, 0.1) is 5.41 Å². The van der Waals surface area contributed by atoms with E-state index in [9.17, 15) is 4.79 Å². The van der Waals surface area contributed by atoms with Crippen LogP contribution in [0.15, 0.2) is 30.3 Å². The molecule has 1 amide bonds. The summed E-state index contributed by atoms with van der Waals surface area (Å²) in [6.07, 6.45) is 4.11. The first-order valence-electron chi connectivity index (χ1n) is 7.34. The number of carbonyl (C=O) groups excluding carboxylic acids is 1. The number of nitrogens with one attached hydrogen (secondary N) is 1. The average Bonchev–Trinajstić information content (AvgIpc) is 3.23. The van der Waals surface area contributed by atoms with Crippen molar-refractivity contribution < 1.29 is 4.79 Å². The SMILES string of the molecule is Cl.O=C(N1CCCNCC1)C1(Cc2ccccc2)CC1. The lowest BCUT2D eigenvalue weighted by molar-refractivity contribution is -0.136. The topological polar surface area (TPSA) is 32.3 Å². The number of benzene rings is 1. The van der Waals surface area contributed by atoms with E-state index < -0.39 is 0 Å². The maximum absolute atomic E-state index is 12.7. The third-order valence-electron chi connectivity index (χ3n) is 4.32. The van der Waals surface area contributed by atoms with Gasteiger partial charge in [-0.05, 0) is 37.8 Å². The molecule has 0 bridgehead atoms. The Morgan fingerprint density at radius 3 is 2.60 bits per heavy atom. The molecule has 0 unspecified atom stereocenters. The van der Waals surface area contributed by atoms with Gasteiger partial charge in [0.2, 0.25) is 5.91 Å². The quantitative estimate of drug-likeness (QED) is 0.927. The van der Waals surface area contributed by atoms with E-state index in [4.69, 9.17) is 0 Å².